The summed E-state index contributed by atoms with van der Waals surface area (Å²) >= 11 is 0. The number of rotatable bonds is 5. The van der Waals surface area contributed by atoms with Gasteiger partial charge in [-0.05, 0) is 30.5 Å². The number of carboxylic acids is 1. The Bertz CT molecular complexity index is 742. The topological polar surface area (TPSA) is 102 Å². The predicted octanol–water partition coefficient (Wildman–Crippen LogP) is 0.372. The molecule has 0 aromatic heterocycles. The Labute approximate surface area is 162 Å². The lowest BCUT2D eigenvalue weighted by atomic mass is 9.93. The number of piperidine rings is 1. The van der Waals surface area contributed by atoms with Crippen LogP contribution in [0.1, 0.15) is 24.4 Å². The first-order valence-corrected chi connectivity index (χ1v) is 9.36. The summed E-state index contributed by atoms with van der Waals surface area (Å²) in [7, 11) is 1.57. The summed E-state index contributed by atoms with van der Waals surface area (Å²) in [5.74, 6) is -2.68. The van der Waals surface area contributed by atoms with Gasteiger partial charge in [-0.1, -0.05) is 12.1 Å². The standard InChI is InChI=1S/C19H25FN4O4/c1-23(11-16(25)24-8-2-3-13(10-24)19(27)28)18(26)15-9-21-22-17(15)12-4-6-14(20)7-5-12/h4-7,13,15,17,21-22H,2-3,8-11H2,1H3,(H,27,28). The molecule has 0 spiro atoms. The second-order valence-electron chi connectivity index (χ2n) is 7.37. The van der Waals surface area contributed by atoms with Crippen LogP contribution in [0.2, 0.25) is 0 Å². The van der Waals surface area contributed by atoms with Gasteiger partial charge in [-0.3, -0.25) is 19.8 Å². The minimum Gasteiger partial charge on any atom is -0.481 e. The normalized spacial score (nSPS) is 24.8. The number of hydrogen-bond acceptors (Lipinski definition) is 5. The van der Waals surface area contributed by atoms with Crippen molar-refractivity contribution in [2.45, 2.75) is 18.9 Å². The van der Waals surface area contributed by atoms with Gasteiger partial charge in [-0.15, -0.1) is 0 Å². The maximum absolute atomic E-state index is 13.2. The molecule has 28 heavy (non-hydrogen) atoms. The zero-order valence-corrected chi connectivity index (χ0v) is 15.7. The van der Waals surface area contributed by atoms with Crippen molar-refractivity contribution in [3.05, 3.63) is 35.6 Å². The first kappa shape index (κ1) is 20.2. The van der Waals surface area contributed by atoms with Crippen molar-refractivity contribution >= 4 is 17.8 Å². The number of benzene rings is 1. The van der Waals surface area contributed by atoms with Gasteiger partial charge in [0.2, 0.25) is 11.8 Å². The lowest BCUT2D eigenvalue weighted by molar-refractivity contribution is -0.148. The van der Waals surface area contributed by atoms with Gasteiger partial charge in [0.05, 0.1) is 24.4 Å². The Kier molecular flexibility index (Phi) is 6.25. The molecule has 2 aliphatic rings. The molecule has 1 aromatic carbocycles. The van der Waals surface area contributed by atoms with Gasteiger partial charge < -0.3 is 14.9 Å². The van der Waals surface area contributed by atoms with Gasteiger partial charge in [-0.25, -0.2) is 9.82 Å². The molecule has 1 aromatic rings. The van der Waals surface area contributed by atoms with Gasteiger partial charge in [-0.2, -0.15) is 0 Å². The molecule has 2 aliphatic heterocycles. The monoisotopic (exact) mass is 392 g/mol. The Morgan fingerprint density at radius 1 is 1.29 bits per heavy atom. The van der Waals surface area contributed by atoms with Crippen LogP contribution in [0.4, 0.5) is 4.39 Å². The second-order valence-corrected chi connectivity index (χ2v) is 7.37. The molecule has 3 N–H and O–H groups in total. The summed E-state index contributed by atoms with van der Waals surface area (Å²) in [6, 6.07) is 5.63. The first-order valence-electron chi connectivity index (χ1n) is 9.36. The van der Waals surface area contributed by atoms with E-state index in [0.29, 0.717) is 25.9 Å². The van der Waals surface area contributed by atoms with E-state index in [9.17, 15) is 18.8 Å². The molecule has 8 nitrogen and oxygen atoms in total. The van der Waals surface area contributed by atoms with Crippen LogP contribution in [0.5, 0.6) is 0 Å². The maximum atomic E-state index is 13.2. The van der Waals surface area contributed by atoms with Crippen molar-refractivity contribution in [2.75, 3.05) is 33.2 Å². The highest BCUT2D eigenvalue weighted by Gasteiger charge is 2.37. The molecule has 152 valence electrons. The molecule has 3 rings (SSSR count). The first-order chi connectivity index (χ1) is 13.4. The predicted molar refractivity (Wildman–Crippen MR) is 98.3 cm³/mol. The highest BCUT2D eigenvalue weighted by atomic mass is 19.1. The number of amides is 2. The van der Waals surface area contributed by atoms with Crippen LogP contribution in [0.25, 0.3) is 0 Å². The number of carbonyl (C=O) groups is 3. The number of likely N-dealkylation sites (tertiary alicyclic amines) is 1. The summed E-state index contributed by atoms with van der Waals surface area (Å²) in [4.78, 5) is 39.5. The number of carboxylic acid groups (broad SMARTS) is 1. The van der Waals surface area contributed by atoms with E-state index in [0.717, 1.165) is 5.56 Å². The molecule has 3 atom stereocenters. The zero-order valence-electron chi connectivity index (χ0n) is 15.7. The van der Waals surface area contributed by atoms with Crippen molar-refractivity contribution in [3.63, 3.8) is 0 Å². The van der Waals surface area contributed by atoms with Crippen molar-refractivity contribution in [1.29, 1.82) is 0 Å². The van der Waals surface area contributed by atoms with Crippen molar-refractivity contribution in [3.8, 4) is 0 Å². The molecule has 0 radical (unpaired) electrons. The number of hydrogen-bond donors (Lipinski definition) is 3. The highest BCUT2D eigenvalue weighted by Crippen LogP contribution is 2.26. The lowest BCUT2D eigenvalue weighted by Crippen LogP contribution is -2.48. The second kappa shape index (κ2) is 8.66. The molecular weight excluding hydrogens is 367 g/mol. The summed E-state index contributed by atoms with van der Waals surface area (Å²) in [5, 5.41) is 9.17. The Morgan fingerprint density at radius 2 is 2.00 bits per heavy atom. The Morgan fingerprint density at radius 3 is 2.68 bits per heavy atom. The molecule has 0 saturated carbocycles. The maximum Gasteiger partial charge on any atom is 0.308 e. The van der Waals surface area contributed by atoms with E-state index < -0.39 is 17.8 Å². The SMILES string of the molecule is CN(CC(=O)N1CCCC(C(=O)O)C1)C(=O)C1CNNC1c1ccc(F)cc1. The largest absolute Gasteiger partial charge is 0.481 e. The lowest BCUT2D eigenvalue weighted by Gasteiger charge is -2.32. The molecule has 9 heteroatoms. The summed E-state index contributed by atoms with van der Waals surface area (Å²) in [5.41, 5.74) is 6.77. The highest BCUT2D eigenvalue weighted by molar-refractivity contribution is 5.87. The van der Waals surface area contributed by atoms with Gasteiger partial charge >= 0.3 is 5.97 Å². The van der Waals surface area contributed by atoms with E-state index in [1.54, 1.807) is 19.2 Å². The average molecular weight is 392 g/mol. The fraction of sp³-hybridized carbons (Fsp3) is 0.526. The number of carbonyl (C=O) groups excluding carboxylic acids is 2. The van der Waals surface area contributed by atoms with Crippen molar-refractivity contribution in [2.24, 2.45) is 11.8 Å². The van der Waals surface area contributed by atoms with Gasteiger partial charge in [0.15, 0.2) is 0 Å². The fourth-order valence-electron chi connectivity index (χ4n) is 3.78. The quantitative estimate of drug-likeness (QED) is 0.669. The summed E-state index contributed by atoms with van der Waals surface area (Å²) < 4.78 is 13.2. The number of hydrazine groups is 1. The minimum absolute atomic E-state index is 0.0994. The van der Waals surface area contributed by atoms with Gasteiger partial charge in [0, 0.05) is 26.7 Å². The molecular formula is C19H25FN4O4. The third-order valence-electron chi connectivity index (χ3n) is 5.40. The smallest absolute Gasteiger partial charge is 0.308 e. The Hall–Kier alpha value is -2.52. The molecule has 3 unspecified atom stereocenters. The van der Waals surface area contributed by atoms with Gasteiger partial charge in [0.25, 0.3) is 0 Å². The minimum atomic E-state index is -0.896. The van der Waals surface area contributed by atoms with E-state index in [-0.39, 0.29) is 36.8 Å². The third kappa shape index (κ3) is 4.48. The molecule has 2 heterocycles. The summed E-state index contributed by atoms with van der Waals surface area (Å²) in [6.45, 7) is 0.984. The number of aliphatic carboxylic acids is 1. The van der Waals surface area contributed by atoms with Crippen LogP contribution in [0.3, 0.4) is 0 Å². The number of likely N-dealkylation sites (N-methyl/N-ethyl adjacent to an activating group) is 1. The molecule has 2 saturated heterocycles. The molecule has 0 aliphatic carbocycles. The number of nitrogens with zero attached hydrogens (tertiary/aromatic N) is 2. The van der Waals surface area contributed by atoms with Crippen LogP contribution in [-0.4, -0.2) is 65.9 Å². The van der Waals surface area contributed by atoms with E-state index in [2.05, 4.69) is 10.9 Å². The zero-order chi connectivity index (χ0) is 20.3. The van der Waals surface area contributed by atoms with Crippen LogP contribution in [-0.2, 0) is 14.4 Å². The van der Waals surface area contributed by atoms with Crippen LogP contribution >= 0.6 is 0 Å². The van der Waals surface area contributed by atoms with Crippen LogP contribution in [0.15, 0.2) is 24.3 Å². The van der Waals surface area contributed by atoms with E-state index in [4.69, 9.17) is 5.11 Å². The fourth-order valence-corrected chi connectivity index (χ4v) is 3.78. The number of halogens is 1. The Balaban J connectivity index is 1.61. The van der Waals surface area contributed by atoms with Crippen molar-refractivity contribution < 1.29 is 23.9 Å². The molecule has 2 amide bonds. The molecule has 2 fully saturated rings. The van der Waals surface area contributed by atoms with E-state index in [1.165, 1.54) is 21.9 Å². The third-order valence-corrected chi connectivity index (χ3v) is 5.40. The molecule has 0 bridgehead atoms. The van der Waals surface area contributed by atoms with Crippen LogP contribution < -0.4 is 10.9 Å². The summed E-state index contributed by atoms with van der Waals surface area (Å²) in [6.07, 6.45) is 1.20. The van der Waals surface area contributed by atoms with E-state index in [1.807, 2.05) is 0 Å². The van der Waals surface area contributed by atoms with Crippen LogP contribution in [0, 0.1) is 17.7 Å². The van der Waals surface area contributed by atoms with Gasteiger partial charge in [0.1, 0.15) is 5.82 Å². The average Bonchev–Trinajstić information content (AvgIpc) is 3.17. The van der Waals surface area contributed by atoms with E-state index >= 15 is 0 Å². The number of nitrogens with one attached hydrogen (secondary N) is 2. The van der Waals surface area contributed by atoms with Crippen molar-refractivity contribution in [1.82, 2.24) is 20.7 Å².